The van der Waals surface area contributed by atoms with Crippen LogP contribution in [0.15, 0.2) is 18.2 Å². The van der Waals surface area contributed by atoms with E-state index in [1.165, 1.54) is 18.4 Å². The highest BCUT2D eigenvalue weighted by molar-refractivity contribution is 5.68. The van der Waals surface area contributed by atoms with Crippen LogP contribution in [0.2, 0.25) is 0 Å². The Hall–Kier alpha value is -1.75. The highest BCUT2D eigenvalue weighted by Gasteiger charge is 2.20. The van der Waals surface area contributed by atoms with E-state index in [-0.39, 0.29) is 6.42 Å². The van der Waals surface area contributed by atoms with Crippen LogP contribution in [-0.2, 0) is 11.3 Å². The van der Waals surface area contributed by atoms with E-state index in [1.807, 2.05) is 24.1 Å². The molecule has 0 aliphatic heterocycles. The second-order valence-corrected chi connectivity index (χ2v) is 5.23. The average Bonchev–Trinajstić information content (AvgIpc) is 3.26. The first-order valence-electron chi connectivity index (χ1n) is 6.93. The molecule has 1 fully saturated rings. The third kappa shape index (κ3) is 4.13. The summed E-state index contributed by atoms with van der Waals surface area (Å²) in [6, 6.07) is 6.75. The molecular weight excluding hydrogens is 256 g/mol. The van der Waals surface area contributed by atoms with E-state index < -0.39 is 5.97 Å². The SMILES string of the molecule is COc1cc(CNC2CC2)ccc1N(C)CCC(=O)O. The van der Waals surface area contributed by atoms with Crippen molar-refractivity contribution in [3.8, 4) is 5.75 Å². The Kier molecular flexibility index (Phi) is 4.84. The van der Waals surface area contributed by atoms with E-state index in [0.29, 0.717) is 12.6 Å². The van der Waals surface area contributed by atoms with Crippen molar-refractivity contribution in [3.05, 3.63) is 23.8 Å². The first kappa shape index (κ1) is 14.7. The molecule has 0 aromatic heterocycles. The number of ether oxygens (including phenoxy) is 1. The summed E-state index contributed by atoms with van der Waals surface area (Å²) in [4.78, 5) is 12.5. The molecule has 110 valence electrons. The topological polar surface area (TPSA) is 61.8 Å². The molecule has 0 heterocycles. The molecule has 0 atom stereocenters. The van der Waals surface area contributed by atoms with Crippen LogP contribution in [0.5, 0.6) is 5.75 Å². The predicted octanol–water partition coefficient (Wildman–Crippen LogP) is 1.86. The lowest BCUT2D eigenvalue weighted by atomic mass is 10.1. The zero-order valence-electron chi connectivity index (χ0n) is 12.1. The van der Waals surface area contributed by atoms with Gasteiger partial charge in [0, 0.05) is 26.2 Å². The van der Waals surface area contributed by atoms with Crippen molar-refractivity contribution in [2.24, 2.45) is 0 Å². The Morgan fingerprint density at radius 3 is 2.85 bits per heavy atom. The van der Waals surface area contributed by atoms with Gasteiger partial charge in [0.15, 0.2) is 0 Å². The van der Waals surface area contributed by atoms with Crippen LogP contribution in [0.4, 0.5) is 5.69 Å². The van der Waals surface area contributed by atoms with Gasteiger partial charge in [0.1, 0.15) is 5.75 Å². The average molecular weight is 278 g/mol. The zero-order chi connectivity index (χ0) is 14.5. The number of rotatable bonds is 8. The fraction of sp³-hybridized carbons (Fsp3) is 0.533. The minimum Gasteiger partial charge on any atom is -0.495 e. The molecule has 0 spiro atoms. The molecule has 2 N–H and O–H groups in total. The summed E-state index contributed by atoms with van der Waals surface area (Å²) in [5.74, 6) is -0.00550. The number of carboxylic acid groups (broad SMARTS) is 1. The summed E-state index contributed by atoms with van der Waals surface area (Å²) >= 11 is 0. The van der Waals surface area contributed by atoms with Crippen molar-refractivity contribution in [2.75, 3.05) is 25.6 Å². The molecular formula is C15H22N2O3. The van der Waals surface area contributed by atoms with Crippen LogP contribution < -0.4 is 15.0 Å². The lowest BCUT2D eigenvalue weighted by Crippen LogP contribution is -2.22. The second kappa shape index (κ2) is 6.61. The van der Waals surface area contributed by atoms with Gasteiger partial charge in [-0.3, -0.25) is 4.79 Å². The molecule has 1 saturated carbocycles. The lowest BCUT2D eigenvalue weighted by molar-refractivity contribution is -0.136. The fourth-order valence-electron chi connectivity index (χ4n) is 2.08. The molecule has 20 heavy (non-hydrogen) atoms. The molecule has 0 radical (unpaired) electrons. The second-order valence-electron chi connectivity index (χ2n) is 5.23. The molecule has 2 rings (SSSR count). The van der Waals surface area contributed by atoms with Crippen LogP contribution in [0.3, 0.4) is 0 Å². The number of methoxy groups -OCH3 is 1. The number of hydrogen-bond acceptors (Lipinski definition) is 4. The standard InChI is InChI=1S/C15H22N2O3/c1-17(8-7-15(18)19)13-6-3-11(9-14(13)20-2)10-16-12-4-5-12/h3,6,9,12,16H,4-5,7-8,10H2,1-2H3,(H,18,19). The van der Waals surface area contributed by atoms with Crippen molar-refractivity contribution in [1.82, 2.24) is 5.32 Å². The van der Waals surface area contributed by atoms with Crippen LogP contribution in [0, 0.1) is 0 Å². The minimum atomic E-state index is -0.791. The third-order valence-electron chi connectivity index (χ3n) is 3.49. The largest absolute Gasteiger partial charge is 0.495 e. The summed E-state index contributed by atoms with van der Waals surface area (Å²) in [6.07, 6.45) is 2.66. The van der Waals surface area contributed by atoms with Crippen molar-refractivity contribution in [3.63, 3.8) is 0 Å². The van der Waals surface area contributed by atoms with Crippen LogP contribution in [0.1, 0.15) is 24.8 Å². The van der Waals surface area contributed by atoms with Crippen molar-refractivity contribution in [1.29, 1.82) is 0 Å². The van der Waals surface area contributed by atoms with Gasteiger partial charge < -0.3 is 20.1 Å². The van der Waals surface area contributed by atoms with Gasteiger partial charge in [0.05, 0.1) is 19.2 Å². The zero-order valence-corrected chi connectivity index (χ0v) is 12.1. The molecule has 1 aliphatic rings. The van der Waals surface area contributed by atoms with Crippen LogP contribution >= 0.6 is 0 Å². The highest BCUT2D eigenvalue weighted by Crippen LogP contribution is 2.29. The lowest BCUT2D eigenvalue weighted by Gasteiger charge is -2.21. The molecule has 0 amide bonds. The fourth-order valence-corrected chi connectivity index (χ4v) is 2.08. The quantitative estimate of drug-likeness (QED) is 0.760. The van der Waals surface area contributed by atoms with Gasteiger partial charge in [0.25, 0.3) is 0 Å². The van der Waals surface area contributed by atoms with E-state index in [1.54, 1.807) is 7.11 Å². The summed E-state index contributed by atoms with van der Waals surface area (Å²) in [6.45, 7) is 1.31. The third-order valence-corrected chi connectivity index (χ3v) is 3.49. The number of carbonyl (C=O) groups is 1. The first-order chi connectivity index (χ1) is 9.60. The summed E-state index contributed by atoms with van der Waals surface area (Å²) in [5.41, 5.74) is 2.10. The van der Waals surface area contributed by atoms with E-state index in [2.05, 4.69) is 11.4 Å². The minimum absolute atomic E-state index is 0.116. The Morgan fingerprint density at radius 1 is 1.50 bits per heavy atom. The molecule has 1 aromatic rings. The molecule has 1 aromatic carbocycles. The van der Waals surface area contributed by atoms with Gasteiger partial charge in [-0.05, 0) is 30.5 Å². The van der Waals surface area contributed by atoms with E-state index >= 15 is 0 Å². The smallest absolute Gasteiger partial charge is 0.305 e. The Bertz CT molecular complexity index is 472. The van der Waals surface area contributed by atoms with Gasteiger partial charge in [-0.2, -0.15) is 0 Å². The molecule has 5 heteroatoms. The van der Waals surface area contributed by atoms with Crippen molar-refractivity contribution < 1.29 is 14.6 Å². The number of carboxylic acids is 1. The van der Waals surface area contributed by atoms with Gasteiger partial charge in [-0.15, -0.1) is 0 Å². The Morgan fingerprint density at radius 2 is 2.25 bits per heavy atom. The van der Waals surface area contributed by atoms with E-state index in [4.69, 9.17) is 9.84 Å². The van der Waals surface area contributed by atoms with Crippen molar-refractivity contribution >= 4 is 11.7 Å². The number of nitrogens with zero attached hydrogens (tertiary/aromatic N) is 1. The molecule has 1 aliphatic carbocycles. The van der Waals surface area contributed by atoms with E-state index in [0.717, 1.165) is 18.0 Å². The number of nitrogens with one attached hydrogen (secondary N) is 1. The number of hydrogen-bond donors (Lipinski definition) is 2. The first-order valence-corrected chi connectivity index (χ1v) is 6.93. The maximum absolute atomic E-state index is 10.6. The van der Waals surface area contributed by atoms with Gasteiger partial charge in [-0.25, -0.2) is 0 Å². The number of benzene rings is 1. The summed E-state index contributed by atoms with van der Waals surface area (Å²) in [7, 11) is 3.52. The summed E-state index contributed by atoms with van der Waals surface area (Å²) < 4.78 is 5.42. The predicted molar refractivity (Wildman–Crippen MR) is 78.4 cm³/mol. The van der Waals surface area contributed by atoms with Gasteiger partial charge >= 0.3 is 5.97 Å². The van der Waals surface area contributed by atoms with E-state index in [9.17, 15) is 4.79 Å². The van der Waals surface area contributed by atoms with Crippen LogP contribution in [-0.4, -0.2) is 37.8 Å². The molecule has 5 nitrogen and oxygen atoms in total. The maximum Gasteiger partial charge on any atom is 0.305 e. The van der Waals surface area contributed by atoms with Crippen LogP contribution in [0.25, 0.3) is 0 Å². The molecule has 0 unspecified atom stereocenters. The highest BCUT2D eigenvalue weighted by atomic mass is 16.5. The number of aliphatic carboxylic acids is 1. The normalized spacial score (nSPS) is 14.1. The van der Waals surface area contributed by atoms with Crippen molar-refractivity contribution in [2.45, 2.75) is 31.8 Å². The monoisotopic (exact) mass is 278 g/mol. The summed E-state index contributed by atoms with van der Waals surface area (Å²) in [5, 5.41) is 12.2. The Balaban J connectivity index is 2.01. The van der Waals surface area contributed by atoms with Gasteiger partial charge in [-0.1, -0.05) is 6.07 Å². The van der Waals surface area contributed by atoms with Gasteiger partial charge in [0.2, 0.25) is 0 Å². The maximum atomic E-state index is 10.6. The molecule has 0 bridgehead atoms. The number of anilines is 1. The molecule has 0 saturated heterocycles. The Labute approximate surface area is 119 Å².